The molecule has 12 rings (SSSR count). The molecule has 0 bridgehead atoms. The third-order valence-electron chi connectivity index (χ3n) is 10.9. The van der Waals surface area contributed by atoms with Crippen molar-refractivity contribution < 1.29 is 4.42 Å². The van der Waals surface area contributed by atoms with Crippen molar-refractivity contribution in [3.63, 3.8) is 0 Å². The molecule has 0 saturated heterocycles. The van der Waals surface area contributed by atoms with Crippen LogP contribution in [0.25, 0.3) is 120 Å². The van der Waals surface area contributed by atoms with E-state index in [0.29, 0.717) is 17.5 Å². The monoisotopic (exact) mass is 732 g/mol. The maximum Gasteiger partial charge on any atom is 0.164 e. The Labute approximate surface area is 324 Å². The molecule has 0 amide bonds. The third-order valence-corrected chi connectivity index (χ3v) is 12.0. The lowest BCUT2D eigenvalue weighted by molar-refractivity contribution is 0.669. The van der Waals surface area contributed by atoms with Crippen molar-refractivity contribution in [2.75, 3.05) is 0 Å². The Morgan fingerprint density at radius 3 is 1.93 bits per heavy atom. The van der Waals surface area contributed by atoms with Crippen molar-refractivity contribution in [1.82, 2.24) is 19.9 Å². The molecule has 0 aliphatic heterocycles. The summed E-state index contributed by atoms with van der Waals surface area (Å²) in [4.78, 5) is 20.8. The molecule has 0 unspecified atom stereocenters. The molecular weight excluding hydrogens is 705 g/mol. The SMILES string of the molecule is c1ccc(-c2nc3ccccc3c3c2ccc2oc4ccc(-c5nc(-c6ccc7c(c6)sc6ccccc67)nc(-c6cccc7ccccc67)n5)cc4c23)cc1. The van der Waals surface area contributed by atoms with Crippen molar-refractivity contribution >= 4 is 85.9 Å². The van der Waals surface area contributed by atoms with Gasteiger partial charge < -0.3 is 4.42 Å². The smallest absolute Gasteiger partial charge is 0.164 e. The molecule has 4 aromatic heterocycles. The first kappa shape index (κ1) is 31.1. The Morgan fingerprint density at radius 1 is 0.375 bits per heavy atom. The molecule has 0 aliphatic rings. The van der Waals surface area contributed by atoms with Gasteiger partial charge in [-0.05, 0) is 59.3 Å². The lowest BCUT2D eigenvalue weighted by Gasteiger charge is -2.11. The first-order valence-electron chi connectivity index (χ1n) is 18.6. The highest BCUT2D eigenvalue weighted by Crippen LogP contribution is 2.43. The van der Waals surface area contributed by atoms with E-state index in [1.54, 1.807) is 11.3 Å². The molecule has 5 nitrogen and oxygen atoms in total. The zero-order chi connectivity index (χ0) is 36.7. The van der Waals surface area contributed by atoms with E-state index in [1.165, 1.54) is 20.2 Å². The average Bonchev–Trinajstić information content (AvgIpc) is 3.83. The summed E-state index contributed by atoms with van der Waals surface area (Å²) >= 11 is 1.79. The number of pyridine rings is 1. The number of nitrogens with zero attached hydrogens (tertiary/aromatic N) is 4. The van der Waals surface area contributed by atoms with E-state index < -0.39 is 0 Å². The zero-order valence-corrected chi connectivity index (χ0v) is 30.6. The number of furan rings is 1. The van der Waals surface area contributed by atoms with E-state index in [4.69, 9.17) is 24.4 Å². The van der Waals surface area contributed by atoms with E-state index in [9.17, 15) is 0 Å². The summed E-state index contributed by atoms with van der Waals surface area (Å²) < 4.78 is 9.04. The quantitative estimate of drug-likeness (QED) is 0.169. The Balaban J connectivity index is 1.12. The van der Waals surface area contributed by atoms with Gasteiger partial charge in [-0.2, -0.15) is 0 Å². The number of benzene rings is 8. The summed E-state index contributed by atoms with van der Waals surface area (Å²) in [7, 11) is 0. The summed E-state index contributed by atoms with van der Waals surface area (Å²) in [5.74, 6) is 1.86. The predicted molar refractivity (Wildman–Crippen MR) is 232 cm³/mol. The van der Waals surface area contributed by atoms with E-state index in [-0.39, 0.29) is 0 Å². The van der Waals surface area contributed by atoms with Crippen molar-refractivity contribution in [3.05, 3.63) is 170 Å². The van der Waals surface area contributed by atoms with E-state index in [1.807, 2.05) is 18.2 Å². The second-order valence-corrected chi connectivity index (χ2v) is 15.2. The van der Waals surface area contributed by atoms with Gasteiger partial charge >= 0.3 is 0 Å². The van der Waals surface area contributed by atoms with Crippen LogP contribution in [-0.2, 0) is 0 Å². The van der Waals surface area contributed by atoms with E-state index in [2.05, 4.69) is 152 Å². The van der Waals surface area contributed by atoms with Crippen LogP contribution in [0.15, 0.2) is 174 Å². The average molecular weight is 733 g/mol. The van der Waals surface area contributed by atoms with Gasteiger partial charge in [0.05, 0.1) is 11.2 Å². The van der Waals surface area contributed by atoms with Crippen molar-refractivity contribution in [2.45, 2.75) is 0 Å². The first-order valence-corrected chi connectivity index (χ1v) is 19.4. The highest BCUT2D eigenvalue weighted by molar-refractivity contribution is 7.25. The number of para-hydroxylation sites is 1. The van der Waals surface area contributed by atoms with E-state index in [0.717, 1.165) is 82.3 Å². The second-order valence-electron chi connectivity index (χ2n) is 14.2. The van der Waals surface area contributed by atoms with Gasteiger partial charge in [0.2, 0.25) is 0 Å². The Bertz CT molecular complexity index is 3550. The van der Waals surface area contributed by atoms with Crippen LogP contribution < -0.4 is 0 Å². The lowest BCUT2D eigenvalue weighted by Crippen LogP contribution is -2.00. The van der Waals surface area contributed by atoms with Gasteiger partial charge in [0.1, 0.15) is 11.2 Å². The van der Waals surface area contributed by atoms with Gasteiger partial charge in [0.25, 0.3) is 0 Å². The first-order chi connectivity index (χ1) is 27.7. The number of rotatable bonds is 4. The molecular formula is C50H28N4OS. The summed E-state index contributed by atoms with van der Waals surface area (Å²) in [6.07, 6.45) is 0. The number of hydrogen-bond acceptors (Lipinski definition) is 6. The van der Waals surface area contributed by atoms with Gasteiger partial charge in [-0.25, -0.2) is 19.9 Å². The van der Waals surface area contributed by atoms with Gasteiger partial charge in [-0.15, -0.1) is 11.3 Å². The molecule has 0 fully saturated rings. The normalized spacial score (nSPS) is 11.9. The molecule has 0 saturated carbocycles. The van der Waals surface area contributed by atoms with Crippen molar-refractivity contribution in [1.29, 1.82) is 0 Å². The number of thiophene rings is 1. The minimum Gasteiger partial charge on any atom is -0.456 e. The molecule has 0 N–H and O–H groups in total. The van der Waals surface area contributed by atoms with Gasteiger partial charge in [-0.3, -0.25) is 0 Å². The lowest BCUT2D eigenvalue weighted by atomic mass is 9.96. The maximum absolute atomic E-state index is 6.57. The molecule has 0 spiro atoms. The molecule has 56 heavy (non-hydrogen) atoms. The zero-order valence-electron chi connectivity index (χ0n) is 29.8. The van der Waals surface area contributed by atoms with Crippen LogP contribution in [0.5, 0.6) is 0 Å². The number of aromatic nitrogens is 4. The fraction of sp³-hybridized carbons (Fsp3) is 0. The standard InChI is InChI=1S/C50H28N4OS/c1-2-12-30(13-3-1)47-38-24-26-42-46(45(38)37-17-6-8-19-40(37)51-47)39-27-31(22-25-41(39)55-42)48-52-49(32-21-23-35-34-16-7-9-20-43(34)56-44(35)28-32)54-50(53-48)36-18-10-14-29-11-4-5-15-33(29)36/h1-28H. The van der Waals surface area contributed by atoms with Crippen molar-refractivity contribution in [2.24, 2.45) is 0 Å². The Morgan fingerprint density at radius 2 is 1.04 bits per heavy atom. The largest absolute Gasteiger partial charge is 0.456 e. The highest BCUT2D eigenvalue weighted by Gasteiger charge is 2.20. The van der Waals surface area contributed by atoms with Crippen LogP contribution in [0, 0.1) is 0 Å². The van der Waals surface area contributed by atoms with Gasteiger partial charge in [0.15, 0.2) is 17.5 Å². The van der Waals surface area contributed by atoms with Crippen LogP contribution in [-0.4, -0.2) is 19.9 Å². The third kappa shape index (κ3) is 4.79. The molecule has 4 heterocycles. The number of hydrogen-bond donors (Lipinski definition) is 0. The van der Waals surface area contributed by atoms with Crippen LogP contribution >= 0.6 is 11.3 Å². The fourth-order valence-electron chi connectivity index (χ4n) is 8.30. The fourth-order valence-corrected chi connectivity index (χ4v) is 9.45. The van der Waals surface area contributed by atoms with Gasteiger partial charge in [0, 0.05) is 69.4 Å². The van der Waals surface area contributed by atoms with Crippen LogP contribution in [0.2, 0.25) is 0 Å². The molecule has 260 valence electrons. The minimum atomic E-state index is 0.599. The topological polar surface area (TPSA) is 64.7 Å². The van der Waals surface area contributed by atoms with Gasteiger partial charge in [-0.1, -0.05) is 121 Å². The molecule has 6 heteroatoms. The summed E-state index contributed by atoms with van der Waals surface area (Å²) in [5, 5.41) is 10.1. The minimum absolute atomic E-state index is 0.599. The van der Waals surface area contributed by atoms with Crippen LogP contribution in [0.1, 0.15) is 0 Å². The van der Waals surface area contributed by atoms with Crippen LogP contribution in [0.4, 0.5) is 0 Å². The summed E-state index contributed by atoms with van der Waals surface area (Å²) in [5.41, 5.74) is 7.38. The Kier molecular flexibility index (Phi) is 6.73. The number of fused-ring (bicyclic) bond motifs is 11. The molecule has 0 aliphatic carbocycles. The molecule has 0 radical (unpaired) electrons. The highest BCUT2D eigenvalue weighted by atomic mass is 32.1. The summed E-state index contributed by atoms with van der Waals surface area (Å²) in [6.45, 7) is 0. The molecule has 8 aromatic carbocycles. The molecule has 0 atom stereocenters. The second kappa shape index (κ2) is 12.1. The summed E-state index contributed by atoms with van der Waals surface area (Å²) in [6, 6.07) is 59.1. The maximum atomic E-state index is 6.57. The molecule has 12 aromatic rings. The Hall–Kier alpha value is -7.28. The predicted octanol–water partition coefficient (Wildman–Crippen LogP) is 13.7. The van der Waals surface area contributed by atoms with Crippen molar-refractivity contribution in [3.8, 4) is 45.4 Å². The van der Waals surface area contributed by atoms with E-state index >= 15 is 0 Å². The van der Waals surface area contributed by atoms with Crippen LogP contribution in [0.3, 0.4) is 0 Å².